The number of rotatable bonds is 4. The standard InChI is InChI=1S/C15H21N3O3S.ClH/c19-15(14-10-16-11-14)17-6-8-18(9-7-17)22(20,21)12-13-4-2-1-3-5-13;/h1-5,14,16H,6-12H2;1H. The summed E-state index contributed by atoms with van der Waals surface area (Å²) in [5.74, 6) is 0.250. The molecule has 128 valence electrons. The van der Waals surface area contributed by atoms with Crippen LogP contribution in [0.5, 0.6) is 0 Å². The first kappa shape index (κ1) is 18.2. The first-order valence-corrected chi connectivity index (χ1v) is 9.18. The fourth-order valence-electron chi connectivity index (χ4n) is 2.78. The second kappa shape index (κ2) is 7.61. The van der Waals surface area contributed by atoms with E-state index in [1.54, 1.807) is 4.90 Å². The Morgan fingerprint density at radius 3 is 2.22 bits per heavy atom. The summed E-state index contributed by atoms with van der Waals surface area (Å²) >= 11 is 0. The van der Waals surface area contributed by atoms with E-state index in [1.807, 2.05) is 30.3 Å². The van der Waals surface area contributed by atoms with E-state index in [-0.39, 0.29) is 30.0 Å². The van der Waals surface area contributed by atoms with Gasteiger partial charge in [-0.2, -0.15) is 4.31 Å². The van der Waals surface area contributed by atoms with E-state index in [1.165, 1.54) is 4.31 Å². The summed E-state index contributed by atoms with van der Waals surface area (Å²) in [4.78, 5) is 13.9. The molecule has 0 spiro atoms. The number of amides is 1. The lowest BCUT2D eigenvalue weighted by Gasteiger charge is -2.38. The van der Waals surface area contributed by atoms with Crippen molar-refractivity contribution in [2.45, 2.75) is 5.75 Å². The Labute approximate surface area is 143 Å². The highest BCUT2D eigenvalue weighted by Crippen LogP contribution is 2.16. The molecule has 3 rings (SSSR count). The highest BCUT2D eigenvalue weighted by atomic mass is 35.5. The van der Waals surface area contributed by atoms with Crippen molar-refractivity contribution in [3.8, 4) is 0 Å². The number of halogens is 1. The zero-order valence-corrected chi connectivity index (χ0v) is 14.5. The average molecular weight is 360 g/mol. The minimum atomic E-state index is -3.31. The van der Waals surface area contributed by atoms with E-state index in [9.17, 15) is 13.2 Å². The molecule has 8 heteroatoms. The molecule has 6 nitrogen and oxygen atoms in total. The molecular formula is C15H22ClN3O3S. The molecule has 1 aromatic rings. The van der Waals surface area contributed by atoms with E-state index >= 15 is 0 Å². The van der Waals surface area contributed by atoms with E-state index in [0.717, 1.165) is 18.7 Å². The molecule has 0 saturated carbocycles. The van der Waals surface area contributed by atoms with Crippen molar-refractivity contribution in [1.29, 1.82) is 0 Å². The highest BCUT2D eigenvalue weighted by molar-refractivity contribution is 7.88. The normalized spacial score (nSPS) is 19.7. The van der Waals surface area contributed by atoms with Crippen molar-refractivity contribution in [2.75, 3.05) is 39.3 Å². The molecule has 2 aliphatic heterocycles. The number of nitrogens with zero attached hydrogens (tertiary/aromatic N) is 2. The first-order valence-electron chi connectivity index (χ1n) is 7.57. The minimum Gasteiger partial charge on any atom is -0.340 e. The first-order chi connectivity index (χ1) is 10.6. The number of nitrogens with one attached hydrogen (secondary N) is 1. The van der Waals surface area contributed by atoms with Crippen molar-refractivity contribution >= 4 is 28.3 Å². The van der Waals surface area contributed by atoms with Crippen molar-refractivity contribution < 1.29 is 13.2 Å². The van der Waals surface area contributed by atoms with Gasteiger partial charge in [-0.05, 0) is 5.56 Å². The molecular weight excluding hydrogens is 338 g/mol. The summed E-state index contributed by atoms with van der Waals surface area (Å²) < 4.78 is 26.4. The zero-order chi connectivity index (χ0) is 15.6. The lowest BCUT2D eigenvalue weighted by atomic mass is 10.0. The summed E-state index contributed by atoms with van der Waals surface area (Å²) in [5, 5.41) is 3.09. The Hall–Kier alpha value is -1.15. The van der Waals surface area contributed by atoms with Gasteiger partial charge in [0.25, 0.3) is 0 Å². The van der Waals surface area contributed by atoms with Crippen molar-refractivity contribution in [2.24, 2.45) is 5.92 Å². The highest BCUT2D eigenvalue weighted by Gasteiger charge is 2.33. The van der Waals surface area contributed by atoms with Gasteiger partial charge in [-0.25, -0.2) is 8.42 Å². The predicted molar refractivity (Wildman–Crippen MR) is 90.8 cm³/mol. The van der Waals surface area contributed by atoms with Crippen molar-refractivity contribution in [3.63, 3.8) is 0 Å². The van der Waals surface area contributed by atoms with Crippen LogP contribution in [0, 0.1) is 5.92 Å². The quantitative estimate of drug-likeness (QED) is 0.839. The third-order valence-electron chi connectivity index (χ3n) is 4.27. The SMILES string of the molecule is Cl.O=C(C1CNC1)N1CCN(S(=O)(=O)Cc2ccccc2)CC1. The maximum absolute atomic E-state index is 12.4. The third kappa shape index (κ3) is 4.23. The maximum atomic E-state index is 12.4. The number of piperazine rings is 1. The molecule has 1 amide bonds. The number of hydrogen-bond donors (Lipinski definition) is 1. The van der Waals surface area contributed by atoms with Gasteiger partial charge in [-0.15, -0.1) is 12.4 Å². The van der Waals surface area contributed by atoms with Crippen LogP contribution >= 0.6 is 12.4 Å². The van der Waals surface area contributed by atoms with Gasteiger partial charge in [0.1, 0.15) is 0 Å². The van der Waals surface area contributed by atoms with Crippen LogP contribution in [0.25, 0.3) is 0 Å². The Morgan fingerprint density at radius 2 is 1.70 bits per heavy atom. The Kier molecular flexibility index (Phi) is 6.02. The minimum absolute atomic E-state index is 0. The zero-order valence-electron chi connectivity index (χ0n) is 12.8. The molecule has 2 saturated heterocycles. The van der Waals surface area contributed by atoms with Crippen LogP contribution in [0.15, 0.2) is 30.3 Å². The smallest absolute Gasteiger partial charge is 0.228 e. The molecule has 0 aromatic heterocycles. The molecule has 0 aliphatic carbocycles. The number of carbonyl (C=O) groups excluding carboxylic acids is 1. The van der Waals surface area contributed by atoms with Gasteiger partial charge in [-0.1, -0.05) is 30.3 Å². The van der Waals surface area contributed by atoms with Gasteiger partial charge >= 0.3 is 0 Å². The molecule has 2 fully saturated rings. The fraction of sp³-hybridized carbons (Fsp3) is 0.533. The Morgan fingerprint density at radius 1 is 1.09 bits per heavy atom. The number of sulfonamides is 1. The van der Waals surface area contributed by atoms with Gasteiger partial charge in [0.05, 0.1) is 11.7 Å². The summed E-state index contributed by atoms with van der Waals surface area (Å²) in [5.41, 5.74) is 0.793. The lowest BCUT2D eigenvalue weighted by molar-refractivity contribution is -0.138. The molecule has 23 heavy (non-hydrogen) atoms. The number of hydrogen-bond acceptors (Lipinski definition) is 4. The lowest BCUT2D eigenvalue weighted by Crippen LogP contribution is -2.57. The molecule has 0 unspecified atom stereocenters. The predicted octanol–water partition coefficient (Wildman–Crippen LogP) is 0.302. The monoisotopic (exact) mass is 359 g/mol. The molecule has 1 aromatic carbocycles. The summed E-state index contributed by atoms with van der Waals surface area (Å²) in [6.45, 7) is 3.24. The largest absolute Gasteiger partial charge is 0.340 e. The van der Waals surface area contributed by atoms with Crippen LogP contribution in [-0.4, -0.2) is 62.8 Å². The second-order valence-electron chi connectivity index (χ2n) is 5.82. The van der Waals surface area contributed by atoms with Crippen LogP contribution in [0.4, 0.5) is 0 Å². The molecule has 1 N–H and O–H groups in total. The second-order valence-corrected chi connectivity index (χ2v) is 7.79. The molecule has 0 atom stereocenters. The van der Waals surface area contributed by atoms with E-state index < -0.39 is 10.0 Å². The summed E-state index contributed by atoms with van der Waals surface area (Å²) in [6.07, 6.45) is 0. The van der Waals surface area contributed by atoms with E-state index in [0.29, 0.717) is 26.2 Å². The van der Waals surface area contributed by atoms with E-state index in [2.05, 4.69) is 5.32 Å². The van der Waals surface area contributed by atoms with Gasteiger partial charge < -0.3 is 10.2 Å². The molecule has 0 bridgehead atoms. The Bertz CT molecular complexity index is 627. The fourth-order valence-corrected chi connectivity index (χ4v) is 4.30. The summed E-state index contributed by atoms with van der Waals surface area (Å²) in [7, 11) is -3.31. The molecule has 2 heterocycles. The van der Waals surface area contributed by atoms with Crippen LogP contribution in [-0.2, 0) is 20.6 Å². The number of benzene rings is 1. The van der Waals surface area contributed by atoms with Crippen LogP contribution < -0.4 is 5.32 Å². The van der Waals surface area contributed by atoms with Crippen molar-refractivity contribution in [3.05, 3.63) is 35.9 Å². The van der Waals surface area contributed by atoms with Gasteiger partial charge in [0, 0.05) is 39.3 Å². The van der Waals surface area contributed by atoms with Crippen LogP contribution in [0.2, 0.25) is 0 Å². The average Bonchev–Trinajstić information content (AvgIpc) is 2.46. The van der Waals surface area contributed by atoms with Crippen molar-refractivity contribution in [1.82, 2.24) is 14.5 Å². The Balaban J connectivity index is 0.00000192. The third-order valence-corrected chi connectivity index (χ3v) is 6.12. The van der Waals surface area contributed by atoms with Gasteiger partial charge in [0.15, 0.2) is 0 Å². The molecule has 2 aliphatic rings. The maximum Gasteiger partial charge on any atom is 0.228 e. The topological polar surface area (TPSA) is 69.7 Å². The van der Waals surface area contributed by atoms with Gasteiger partial charge in [0.2, 0.25) is 15.9 Å². The molecule has 0 radical (unpaired) electrons. The van der Waals surface area contributed by atoms with Crippen LogP contribution in [0.3, 0.4) is 0 Å². The van der Waals surface area contributed by atoms with E-state index in [4.69, 9.17) is 0 Å². The number of carbonyl (C=O) groups is 1. The van der Waals surface area contributed by atoms with Gasteiger partial charge in [-0.3, -0.25) is 4.79 Å². The van der Waals surface area contributed by atoms with Crippen LogP contribution in [0.1, 0.15) is 5.56 Å². The summed E-state index contributed by atoms with van der Waals surface area (Å²) in [6, 6.07) is 9.19.